The molecular formula is C17H19N3O5. The minimum Gasteiger partial charge on any atom is -0.319 e. The molecule has 0 aromatic heterocycles. The fraction of sp³-hybridized carbons (Fsp3) is 0.353. The minimum atomic E-state index is -1.88. The topological polar surface area (TPSA) is 121 Å². The number of Topliss-reactive ketones (excluding diaryl/α,β-unsaturated/α-hetero) is 1. The van der Waals surface area contributed by atoms with E-state index >= 15 is 0 Å². The van der Waals surface area contributed by atoms with E-state index in [9.17, 15) is 24.0 Å². The van der Waals surface area contributed by atoms with Crippen molar-refractivity contribution in [3.05, 3.63) is 29.3 Å². The number of nitrogens with one attached hydrogen (secondary N) is 3. The molecule has 0 unspecified atom stereocenters. The quantitative estimate of drug-likeness (QED) is 0.540. The van der Waals surface area contributed by atoms with E-state index in [0.717, 1.165) is 11.1 Å². The third kappa shape index (κ3) is 3.73. The van der Waals surface area contributed by atoms with Crippen LogP contribution in [0.4, 0.5) is 10.5 Å². The molecule has 0 spiro atoms. The lowest BCUT2D eigenvalue weighted by Crippen LogP contribution is -2.59. The first-order valence-corrected chi connectivity index (χ1v) is 7.88. The average Bonchev–Trinajstić information content (AvgIpc) is 2.53. The lowest BCUT2D eigenvalue weighted by molar-refractivity contribution is -0.147. The van der Waals surface area contributed by atoms with Crippen molar-refractivity contribution in [1.82, 2.24) is 10.6 Å². The summed E-state index contributed by atoms with van der Waals surface area (Å²) in [7, 11) is 0. The molecule has 1 aromatic carbocycles. The molecule has 8 nitrogen and oxygen atoms in total. The van der Waals surface area contributed by atoms with Crippen LogP contribution >= 0.6 is 0 Å². The molecule has 1 aromatic rings. The summed E-state index contributed by atoms with van der Waals surface area (Å²) in [5.41, 5.74) is 2.18. The Labute approximate surface area is 144 Å². The van der Waals surface area contributed by atoms with Crippen molar-refractivity contribution in [3.63, 3.8) is 0 Å². The van der Waals surface area contributed by atoms with Crippen LogP contribution in [0, 0.1) is 5.92 Å². The average molecular weight is 345 g/mol. The Balaban J connectivity index is 2.28. The summed E-state index contributed by atoms with van der Waals surface area (Å²) in [6.45, 7) is 5.80. The zero-order chi connectivity index (χ0) is 18.7. The number of benzene rings is 1. The molecule has 0 aliphatic carbocycles. The Morgan fingerprint density at radius 1 is 1.12 bits per heavy atom. The number of rotatable bonds is 5. The summed E-state index contributed by atoms with van der Waals surface area (Å²) in [4.78, 5) is 59.1. The molecule has 8 heteroatoms. The Morgan fingerprint density at radius 2 is 1.72 bits per heavy atom. The van der Waals surface area contributed by atoms with Crippen molar-refractivity contribution >= 4 is 35.2 Å². The van der Waals surface area contributed by atoms with E-state index in [4.69, 9.17) is 0 Å². The molecular weight excluding hydrogens is 326 g/mol. The largest absolute Gasteiger partial charge is 0.328 e. The highest BCUT2D eigenvalue weighted by Crippen LogP contribution is 2.28. The summed E-state index contributed by atoms with van der Waals surface area (Å²) in [5, 5.41) is 6.13. The van der Waals surface area contributed by atoms with Crippen molar-refractivity contribution in [2.75, 3.05) is 5.32 Å². The molecule has 1 heterocycles. The van der Waals surface area contributed by atoms with Crippen LogP contribution in [0.1, 0.15) is 37.8 Å². The number of aryl methyl sites for hydroxylation is 1. The summed E-state index contributed by atoms with van der Waals surface area (Å²) in [6, 6.07) is 4.50. The van der Waals surface area contributed by atoms with Gasteiger partial charge in [0.05, 0.1) is 0 Å². The van der Waals surface area contributed by atoms with Crippen LogP contribution in [-0.4, -0.2) is 29.5 Å². The summed E-state index contributed by atoms with van der Waals surface area (Å²) >= 11 is 0. The third-order valence-corrected chi connectivity index (χ3v) is 3.91. The summed E-state index contributed by atoms with van der Waals surface area (Å²) in [5.74, 6) is -6.30. The monoisotopic (exact) mass is 345 g/mol. The van der Waals surface area contributed by atoms with Gasteiger partial charge in [-0.25, -0.2) is 4.79 Å². The lowest BCUT2D eigenvalue weighted by atomic mass is 9.95. The summed E-state index contributed by atoms with van der Waals surface area (Å²) in [6.07, 6.45) is 0.628. The Morgan fingerprint density at radius 3 is 2.24 bits per heavy atom. The van der Waals surface area contributed by atoms with Crippen LogP contribution in [0.3, 0.4) is 0 Å². The van der Waals surface area contributed by atoms with E-state index in [2.05, 4.69) is 5.32 Å². The van der Waals surface area contributed by atoms with Gasteiger partial charge in [-0.3, -0.25) is 29.8 Å². The molecule has 5 amide bonds. The molecule has 1 saturated heterocycles. The first-order valence-electron chi connectivity index (χ1n) is 7.88. The zero-order valence-electron chi connectivity index (χ0n) is 14.1. The van der Waals surface area contributed by atoms with Gasteiger partial charge >= 0.3 is 6.03 Å². The van der Waals surface area contributed by atoms with Crippen LogP contribution in [0.15, 0.2) is 18.2 Å². The van der Waals surface area contributed by atoms with Gasteiger partial charge in [-0.1, -0.05) is 39.0 Å². The van der Waals surface area contributed by atoms with E-state index in [1.807, 2.05) is 39.0 Å². The Kier molecular flexibility index (Phi) is 5.31. The molecule has 132 valence electrons. The molecule has 25 heavy (non-hydrogen) atoms. The van der Waals surface area contributed by atoms with E-state index in [0.29, 0.717) is 12.1 Å². The van der Waals surface area contributed by atoms with Crippen molar-refractivity contribution < 1.29 is 24.0 Å². The molecule has 1 fully saturated rings. The lowest BCUT2D eigenvalue weighted by Gasteiger charge is -2.21. The normalized spacial score (nSPS) is 15.0. The van der Waals surface area contributed by atoms with Crippen molar-refractivity contribution in [2.24, 2.45) is 5.92 Å². The third-order valence-electron chi connectivity index (χ3n) is 3.91. The van der Waals surface area contributed by atoms with Gasteiger partial charge in [0, 0.05) is 5.69 Å². The molecule has 3 N–H and O–H groups in total. The Bertz CT molecular complexity index is 750. The first-order chi connectivity index (χ1) is 11.8. The van der Waals surface area contributed by atoms with Crippen LogP contribution in [0.25, 0.3) is 0 Å². The van der Waals surface area contributed by atoms with Gasteiger partial charge in [0.25, 0.3) is 5.91 Å². The number of hydrogen-bond acceptors (Lipinski definition) is 5. The van der Waals surface area contributed by atoms with Gasteiger partial charge in [-0.2, -0.15) is 0 Å². The van der Waals surface area contributed by atoms with Gasteiger partial charge in [0.15, 0.2) is 5.92 Å². The zero-order valence-corrected chi connectivity index (χ0v) is 14.1. The smallest absolute Gasteiger partial charge is 0.319 e. The van der Waals surface area contributed by atoms with E-state index in [1.165, 1.54) is 0 Å². The second kappa shape index (κ2) is 7.25. The van der Waals surface area contributed by atoms with Gasteiger partial charge in [-0.15, -0.1) is 0 Å². The molecule has 0 atom stereocenters. The Hall–Kier alpha value is -3.03. The van der Waals surface area contributed by atoms with Crippen molar-refractivity contribution in [1.29, 1.82) is 0 Å². The van der Waals surface area contributed by atoms with Crippen LogP contribution < -0.4 is 16.0 Å². The van der Waals surface area contributed by atoms with Crippen LogP contribution in [0.2, 0.25) is 0 Å². The highest BCUT2D eigenvalue weighted by Gasteiger charge is 2.42. The van der Waals surface area contributed by atoms with Gasteiger partial charge in [0.1, 0.15) is 0 Å². The number of para-hydroxylation sites is 1. The second-order valence-corrected chi connectivity index (χ2v) is 5.95. The van der Waals surface area contributed by atoms with Crippen LogP contribution in [-0.2, 0) is 25.6 Å². The second-order valence-electron chi connectivity index (χ2n) is 5.95. The highest BCUT2D eigenvalue weighted by molar-refractivity contribution is 6.49. The van der Waals surface area contributed by atoms with Gasteiger partial charge in [0.2, 0.25) is 17.6 Å². The van der Waals surface area contributed by atoms with Crippen LogP contribution in [0.5, 0.6) is 0 Å². The molecule has 0 bridgehead atoms. The predicted octanol–water partition coefficient (Wildman–Crippen LogP) is 0.862. The maximum Gasteiger partial charge on any atom is 0.328 e. The fourth-order valence-electron chi connectivity index (χ4n) is 2.61. The van der Waals surface area contributed by atoms with Gasteiger partial charge < -0.3 is 5.32 Å². The number of ketones is 1. The number of urea groups is 1. The number of anilines is 1. The number of barbiturate groups is 1. The van der Waals surface area contributed by atoms with Crippen molar-refractivity contribution in [3.8, 4) is 0 Å². The van der Waals surface area contributed by atoms with E-state index < -0.39 is 35.5 Å². The van der Waals surface area contributed by atoms with E-state index in [-0.39, 0.29) is 5.92 Å². The maximum absolute atomic E-state index is 12.3. The highest BCUT2D eigenvalue weighted by atomic mass is 16.2. The maximum atomic E-state index is 12.3. The van der Waals surface area contributed by atoms with Gasteiger partial charge in [-0.05, 0) is 23.5 Å². The molecule has 1 aliphatic heterocycles. The SMILES string of the molecule is CCc1cccc(C(C)C)c1NC(=O)C(=O)C1C(=O)NC(=O)NC1=O. The number of imide groups is 2. The van der Waals surface area contributed by atoms with Crippen molar-refractivity contribution in [2.45, 2.75) is 33.1 Å². The standard InChI is InChI=1S/C17H19N3O5/c1-4-9-6-5-7-10(8(2)3)12(9)18-16(24)13(21)11-14(22)19-17(25)20-15(11)23/h5-8,11H,4H2,1-3H3,(H,18,24)(H2,19,20,22,23,25). The first kappa shape index (κ1) is 18.3. The molecule has 0 radical (unpaired) electrons. The molecule has 0 saturated carbocycles. The number of amides is 5. The fourth-order valence-corrected chi connectivity index (χ4v) is 2.61. The predicted molar refractivity (Wildman–Crippen MR) is 88.7 cm³/mol. The molecule has 2 rings (SSSR count). The minimum absolute atomic E-state index is 0.0933. The van der Waals surface area contributed by atoms with E-state index in [1.54, 1.807) is 10.6 Å². The summed E-state index contributed by atoms with van der Waals surface area (Å²) < 4.78 is 0. The number of carbonyl (C=O) groups is 5. The number of hydrogen-bond donors (Lipinski definition) is 3. The molecule has 1 aliphatic rings. The number of carbonyl (C=O) groups excluding carboxylic acids is 5.